The standard InChI is InChI=1S/C16H22N2O2/c1-5-13(16(20)17-4)6-7-18-10-14-9-11(2)8-12(3)15(14)19/h5,8-10,13,19H,1,6-7H2,2-4H3,(H,17,20)/b18-10+. The van der Waals surface area contributed by atoms with Crippen molar-refractivity contribution in [2.24, 2.45) is 10.9 Å². The van der Waals surface area contributed by atoms with E-state index in [4.69, 9.17) is 0 Å². The molecule has 0 heterocycles. The van der Waals surface area contributed by atoms with Crippen LogP contribution in [0.5, 0.6) is 5.75 Å². The highest BCUT2D eigenvalue weighted by atomic mass is 16.3. The molecule has 0 aromatic heterocycles. The third-order valence-electron chi connectivity index (χ3n) is 3.14. The van der Waals surface area contributed by atoms with E-state index in [2.05, 4.69) is 16.9 Å². The minimum atomic E-state index is -0.231. The number of carbonyl (C=O) groups excluding carboxylic acids is 1. The zero-order valence-electron chi connectivity index (χ0n) is 12.3. The lowest BCUT2D eigenvalue weighted by atomic mass is 10.0. The van der Waals surface area contributed by atoms with Gasteiger partial charge in [-0.15, -0.1) is 6.58 Å². The molecule has 0 fully saturated rings. The Hall–Kier alpha value is -2.10. The smallest absolute Gasteiger partial charge is 0.226 e. The summed E-state index contributed by atoms with van der Waals surface area (Å²) in [6.45, 7) is 8.00. The second-order valence-corrected chi connectivity index (χ2v) is 4.80. The second-order valence-electron chi connectivity index (χ2n) is 4.80. The molecule has 4 heteroatoms. The lowest BCUT2D eigenvalue weighted by molar-refractivity contribution is -0.123. The predicted octanol–water partition coefficient (Wildman–Crippen LogP) is 2.37. The lowest BCUT2D eigenvalue weighted by Gasteiger charge is -2.08. The molecule has 1 aromatic carbocycles. The number of aryl methyl sites for hydroxylation is 2. The van der Waals surface area contributed by atoms with Gasteiger partial charge in [-0.3, -0.25) is 9.79 Å². The van der Waals surface area contributed by atoms with Crippen LogP contribution >= 0.6 is 0 Å². The molecule has 0 spiro atoms. The summed E-state index contributed by atoms with van der Waals surface area (Å²) in [5.41, 5.74) is 2.62. The molecule has 1 atom stereocenters. The highest BCUT2D eigenvalue weighted by Crippen LogP contribution is 2.22. The predicted molar refractivity (Wildman–Crippen MR) is 82.4 cm³/mol. The molecular formula is C16H22N2O2. The molecule has 20 heavy (non-hydrogen) atoms. The van der Waals surface area contributed by atoms with E-state index < -0.39 is 0 Å². The third-order valence-corrected chi connectivity index (χ3v) is 3.14. The zero-order valence-corrected chi connectivity index (χ0v) is 12.3. The van der Waals surface area contributed by atoms with Crippen molar-refractivity contribution in [3.8, 4) is 5.75 Å². The fraction of sp³-hybridized carbons (Fsp3) is 0.375. The van der Waals surface area contributed by atoms with Crippen LogP contribution in [0.2, 0.25) is 0 Å². The summed E-state index contributed by atoms with van der Waals surface area (Å²) in [5, 5.41) is 12.5. The van der Waals surface area contributed by atoms with Gasteiger partial charge in [0.2, 0.25) is 5.91 Å². The second kappa shape index (κ2) is 7.48. The van der Waals surface area contributed by atoms with Gasteiger partial charge in [-0.2, -0.15) is 0 Å². The molecule has 108 valence electrons. The Morgan fingerprint density at radius 3 is 2.80 bits per heavy atom. The Morgan fingerprint density at radius 1 is 1.50 bits per heavy atom. The molecule has 0 aliphatic rings. The van der Waals surface area contributed by atoms with Crippen LogP contribution in [0.1, 0.15) is 23.1 Å². The van der Waals surface area contributed by atoms with Crippen LogP contribution in [-0.4, -0.2) is 30.8 Å². The molecular weight excluding hydrogens is 252 g/mol. The average Bonchev–Trinajstić information content (AvgIpc) is 2.43. The van der Waals surface area contributed by atoms with Crippen molar-refractivity contribution in [2.75, 3.05) is 13.6 Å². The summed E-state index contributed by atoms with van der Waals surface area (Å²) in [4.78, 5) is 15.8. The summed E-state index contributed by atoms with van der Waals surface area (Å²) >= 11 is 0. The summed E-state index contributed by atoms with van der Waals surface area (Å²) in [6.07, 6.45) is 3.88. The van der Waals surface area contributed by atoms with Gasteiger partial charge in [0.1, 0.15) is 5.75 Å². The van der Waals surface area contributed by atoms with Gasteiger partial charge in [0.25, 0.3) is 0 Å². The Kier molecular flexibility index (Phi) is 5.97. The third kappa shape index (κ3) is 4.23. The fourth-order valence-corrected chi connectivity index (χ4v) is 2.01. The Balaban J connectivity index is 2.66. The first-order valence-electron chi connectivity index (χ1n) is 6.63. The van der Waals surface area contributed by atoms with Crippen molar-refractivity contribution < 1.29 is 9.90 Å². The normalized spacial score (nSPS) is 12.3. The molecule has 4 nitrogen and oxygen atoms in total. The Labute approximate surface area is 120 Å². The van der Waals surface area contributed by atoms with Crippen LogP contribution in [0.25, 0.3) is 0 Å². The molecule has 1 rings (SSSR count). The van der Waals surface area contributed by atoms with E-state index in [1.807, 2.05) is 26.0 Å². The molecule has 2 N–H and O–H groups in total. The van der Waals surface area contributed by atoms with E-state index in [9.17, 15) is 9.90 Å². The number of amides is 1. The van der Waals surface area contributed by atoms with E-state index >= 15 is 0 Å². The number of hydrogen-bond acceptors (Lipinski definition) is 3. The van der Waals surface area contributed by atoms with Crippen molar-refractivity contribution in [3.63, 3.8) is 0 Å². The first kappa shape index (κ1) is 16.0. The quantitative estimate of drug-likeness (QED) is 0.618. The SMILES string of the molecule is C=CC(CC/N=C/c1cc(C)cc(C)c1O)C(=O)NC. The minimum Gasteiger partial charge on any atom is -0.507 e. The number of benzene rings is 1. The summed E-state index contributed by atoms with van der Waals surface area (Å²) < 4.78 is 0. The minimum absolute atomic E-state index is 0.0514. The summed E-state index contributed by atoms with van der Waals surface area (Å²) in [5.74, 6) is -0.0274. The van der Waals surface area contributed by atoms with Gasteiger partial charge in [0, 0.05) is 25.4 Å². The highest BCUT2D eigenvalue weighted by molar-refractivity contribution is 5.84. The number of nitrogens with one attached hydrogen (secondary N) is 1. The highest BCUT2D eigenvalue weighted by Gasteiger charge is 2.11. The van der Waals surface area contributed by atoms with Gasteiger partial charge in [-0.05, 0) is 37.5 Å². The molecule has 0 bridgehead atoms. The first-order chi connectivity index (χ1) is 9.49. The monoisotopic (exact) mass is 274 g/mol. The molecule has 1 aromatic rings. The van der Waals surface area contributed by atoms with E-state index in [1.54, 1.807) is 19.3 Å². The largest absolute Gasteiger partial charge is 0.507 e. The first-order valence-corrected chi connectivity index (χ1v) is 6.63. The molecule has 1 unspecified atom stereocenters. The van der Waals surface area contributed by atoms with E-state index in [0.29, 0.717) is 18.5 Å². The Morgan fingerprint density at radius 2 is 2.20 bits per heavy atom. The van der Waals surface area contributed by atoms with Gasteiger partial charge >= 0.3 is 0 Å². The maximum atomic E-state index is 11.5. The lowest BCUT2D eigenvalue weighted by Crippen LogP contribution is -2.26. The van der Waals surface area contributed by atoms with Crippen molar-refractivity contribution in [2.45, 2.75) is 20.3 Å². The summed E-state index contributed by atoms with van der Waals surface area (Å²) in [6, 6.07) is 3.81. The van der Waals surface area contributed by atoms with Crippen molar-refractivity contribution in [1.29, 1.82) is 0 Å². The number of aliphatic imine (C=N–C) groups is 1. The number of phenols is 1. The molecule has 0 aliphatic heterocycles. The molecule has 0 saturated carbocycles. The van der Waals surface area contributed by atoms with Crippen molar-refractivity contribution in [1.82, 2.24) is 5.32 Å². The van der Waals surface area contributed by atoms with E-state index in [0.717, 1.165) is 11.1 Å². The number of phenolic OH excluding ortho intramolecular Hbond substituents is 1. The van der Waals surface area contributed by atoms with Crippen LogP contribution in [0.3, 0.4) is 0 Å². The Bertz CT molecular complexity index is 521. The van der Waals surface area contributed by atoms with Gasteiger partial charge in [-0.25, -0.2) is 0 Å². The maximum Gasteiger partial charge on any atom is 0.226 e. The molecule has 1 amide bonds. The van der Waals surface area contributed by atoms with Crippen LogP contribution in [0.15, 0.2) is 29.8 Å². The summed E-state index contributed by atoms with van der Waals surface area (Å²) in [7, 11) is 1.61. The van der Waals surface area contributed by atoms with Gasteiger partial charge in [-0.1, -0.05) is 12.1 Å². The average molecular weight is 274 g/mol. The number of carbonyl (C=O) groups is 1. The molecule has 0 radical (unpaired) electrons. The van der Waals surface area contributed by atoms with Crippen LogP contribution < -0.4 is 5.32 Å². The van der Waals surface area contributed by atoms with Crippen LogP contribution in [0, 0.1) is 19.8 Å². The van der Waals surface area contributed by atoms with Crippen LogP contribution in [0.4, 0.5) is 0 Å². The molecule has 0 saturated heterocycles. The zero-order chi connectivity index (χ0) is 15.1. The van der Waals surface area contributed by atoms with E-state index in [1.165, 1.54) is 0 Å². The van der Waals surface area contributed by atoms with E-state index in [-0.39, 0.29) is 17.6 Å². The topological polar surface area (TPSA) is 61.7 Å². The van der Waals surface area contributed by atoms with Crippen molar-refractivity contribution >= 4 is 12.1 Å². The van der Waals surface area contributed by atoms with Gasteiger partial charge in [0.15, 0.2) is 0 Å². The number of hydrogen-bond donors (Lipinski definition) is 2. The fourth-order valence-electron chi connectivity index (χ4n) is 2.01. The van der Waals surface area contributed by atoms with Gasteiger partial charge < -0.3 is 10.4 Å². The molecule has 0 aliphatic carbocycles. The number of rotatable bonds is 6. The van der Waals surface area contributed by atoms with Gasteiger partial charge in [0.05, 0.1) is 5.92 Å². The van der Waals surface area contributed by atoms with Crippen molar-refractivity contribution in [3.05, 3.63) is 41.5 Å². The number of nitrogens with zero attached hydrogens (tertiary/aromatic N) is 1. The number of aromatic hydroxyl groups is 1. The van der Waals surface area contributed by atoms with Crippen LogP contribution in [-0.2, 0) is 4.79 Å². The maximum absolute atomic E-state index is 11.5.